The van der Waals surface area contributed by atoms with Crippen molar-refractivity contribution in [1.82, 2.24) is 0 Å². The summed E-state index contributed by atoms with van der Waals surface area (Å²) in [5.41, 5.74) is 5.51. The molecule has 0 bridgehead atoms. The van der Waals surface area contributed by atoms with E-state index in [1.165, 1.54) is 9.75 Å². The number of aryl methyl sites for hydroxylation is 1. The summed E-state index contributed by atoms with van der Waals surface area (Å²) in [5.74, 6) is 1.13. The van der Waals surface area contributed by atoms with E-state index in [2.05, 4.69) is 47.9 Å². The Labute approximate surface area is 115 Å². The van der Waals surface area contributed by atoms with Gasteiger partial charge in [0.2, 0.25) is 0 Å². The molecule has 0 aromatic carbocycles. The van der Waals surface area contributed by atoms with E-state index in [-0.39, 0.29) is 0 Å². The molecule has 17 heavy (non-hydrogen) atoms. The maximum absolute atomic E-state index is 9.11. The first kappa shape index (κ1) is 16.8. The van der Waals surface area contributed by atoms with Gasteiger partial charge in [0.25, 0.3) is 9.05 Å². The molecular formula is C8H14N2O3S4. The normalized spacial score (nSPS) is 11.9. The molecule has 9 heteroatoms. The molecule has 0 radical (unpaired) electrons. The monoisotopic (exact) mass is 314 g/mol. The zero-order chi connectivity index (χ0) is 13.5. The molecule has 1 aromatic heterocycles. The zero-order valence-electron chi connectivity index (χ0n) is 9.07. The molecule has 98 valence electrons. The first-order chi connectivity index (χ1) is 7.72. The van der Waals surface area contributed by atoms with E-state index in [1.807, 2.05) is 0 Å². The van der Waals surface area contributed by atoms with Gasteiger partial charge in [0.1, 0.15) is 5.84 Å². The molecular weight excluding hydrogens is 300 g/mol. The number of nitrogens with zero attached hydrogens (tertiary/aromatic N) is 1. The van der Waals surface area contributed by atoms with Crippen LogP contribution in [0.4, 0.5) is 0 Å². The Balaban J connectivity index is 0.000000437. The van der Waals surface area contributed by atoms with Crippen LogP contribution in [0.3, 0.4) is 0 Å². The number of thiol groups is 1. The third kappa shape index (κ3) is 12.1. The van der Waals surface area contributed by atoms with Crippen molar-refractivity contribution in [1.29, 1.82) is 0 Å². The lowest BCUT2D eigenvalue weighted by molar-refractivity contribution is 0.450. The molecule has 5 nitrogen and oxygen atoms in total. The molecule has 0 saturated heterocycles. The lowest BCUT2D eigenvalue weighted by Gasteiger charge is -1.93. The second kappa shape index (κ2) is 8.01. The SMILES string of the molecule is Cc1ccc(CN=C(N)CS)s1.O=S(O)(O)=S. The van der Waals surface area contributed by atoms with Crippen molar-refractivity contribution in [3.63, 3.8) is 0 Å². The van der Waals surface area contributed by atoms with Gasteiger partial charge in [-0.2, -0.15) is 16.8 Å². The molecule has 0 aliphatic carbocycles. The highest BCUT2D eigenvalue weighted by atomic mass is 32.9. The summed E-state index contributed by atoms with van der Waals surface area (Å²) in [4.78, 5) is 6.71. The fourth-order valence-corrected chi connectivity index (χ4v) is 1.71. The number of aliphatic imine (C=N–C) groups is 1. The lowest BCUT2D eigenvalue weighted by Crippen LogP contribution is -2.13. The lowest BCUT2D eigenvalue weighted by atomic mass is 10.4. The molecule has 0 amide bonds. The van der Waals surface area contributed by atoms with Crippen LogP contribution in [0.2, 0.25) is 0 Å². The summed E-state index contributed by atoms with van der Waals surface area (Å²) in [6.07, 6.45) is 0. The summed E-state index contributed by atoms with van der Waals surface area (Å²) < 4.78 is 24.0. The molecule has 0 fully saturated rings. The van der Waals surface area contributed by atoms with Gasteiger partial charge in [-0.3, -0.25) is 14.1 Å². The molecule has 1 rings (SSSR count). The number of rotatable bonds is 3. The molecule has 0 aliphatic rings. The van der Waals surface area contributed by atoms with E-state index in [4.69, 9.17) is 19.0 Å². The smallest absolute Gasteiger partial charge is 0.263 e. The minimum atomic E-state index is -3.83. The molecule has 1 aromatic rings. The Kier molecular flexibility index (Phi) is 7.92. The van der Waals surface area contributed by atoms with Crippen LogP contribution < -0.4 is 5.73 Å². The Morgan fingerprint density at radius 1 is 1.65 bits per heavy atom. The average molecular weight is 314 g/mol. The fourth-order valence-electron chi connectivity index (χ4n) is 0.800. The predicted octanol–water partition coefficient (Wildman–Crippen LogP) is 1.52. The Bertz CT molecular complexity index is 459. The standard InChI is InChI=1S/C8H12N2S2.H2O3S2/c1-6-2-3-7(12-6)4-10-8(9)5-11;1-5(2,3)4/h2-3,11H,4-5H2,1H3,(H2,9,10);(H2,1,2,3,4). The van der Waals surface area contributed by atoms with E-state index in [9.17, 15) is 0 Å². The van der Waals surface area contributed by atoms with E-state index in [1.54, 1.807) is 11.3 Å². The quantitative estimate of drug-likeness (QED) is 0.385. The van der Waals surface area contributed by atoms with Gasteiger partial charge in [-0.25, -0.2) is 0 Å². The van der Waals surface area contributed by atoms with Crippen LogP contribution in [-0.2, 0) is 26.8 Å². The van der Waals surface area contributed by atoms with Crippen LogP contribution in [0.5, 0.6) is 0 Å². The summed E-state index contributed by atoms with van der Waals surface area (Å²) in [6, 6.07) is 4.17. The van der Waals surface area contributed by atoms with Crippen molar-refractivity contribution in [3.05, 3.63) is 21.9 Å². The number of hydrogen-bond donors (Lipinski definition) is 4. The number of nitrogens with two attached hydrogens (primary N) is 1. The van der Waals surface area contributed by atoms with Crippen molar-refractivity contribution in [2.45, 2.75) is 13.5 Å². The van der Waals surface area contributed by atoms with E-state index in [0.29, 0.717) is 18.1 Å². The predicted molar refractivity (Wildman–Crippen MR) is 79.0 cm³/mol. The van der Waals surface area contributed by atoms with E-state index >= 15 is 0 Å². The van der Waals surface area contributed by atoms with Crippen molar-refractivity contribution >= 4 is 50.0 Å². The highest BCUT2D eigenvalue weighted by Crippen LogP contribution is 2.15. The van der Waals surface area contributed by atoms with Crippen LogP contribution in [0.1, 0.15) is 9.75 Å². The van der Waals surface area contributed by atoms with E-state index in [0.717, 1.165) is 0 Å². The van der Waals surface area contributed by atoms with Gasteiger partial charge >= 0.3 is 0 Å². The first-order valence-electron chi connectivity index (χ1n) is 4.37. The fraction of sp³-hybridized carbons (Fsp3) is 0.375. The second-order valence-electron chi connectivity index (χ2n) is 2.93. The van der Waals surface area contributed by atoms with Gasteiger partial charge < -0.3 is 5.73 Å². The largest absolute Gasteiger partial charge is 0.387 e. The van der Waals surface area contributed by atoms with Crippen molar-refractivity contribution < 1.29 is 13.3 Å². The number of thiophene rings is 1. The zero-order valence-corrected chi connectivity index (χ0v) is 12.4. The molecule has 0 unspecified atom stereocenters. The summed E-state index contributed by atoms with van der Waals surface area (Å²) >= 11 is 9.23. The molecule has 1 heterocycles. The Morgan fingerprint density at radius 2 is 2.18 bits per heavy atom. The molecule has 0 saturated carbocycles. The highest BCUT2D eigenvalue weighted by Gasteiger charge is 1.94. The van der Waals surface area contributed by atoms with Gasteiger partial charge in [-0.05, 0) is 19.1 Å². The Hall–Kier alpha value is -0.190. The third-order valence-electron chi connectivity index (χ3n) is 1.40. The second-order valence-corrected chi connectivity index (χ2v) is 6.81. The topological polar surface area (TPSA) is 95.9 Å². The van der Waals surface area contributed by atoms with Gasteiger partial charge in [0.05, 0.1) is 6.54 Å². The van der Waals surface area contributed by atoms with Gasteiger partial charge in [0, 0.05) is 26.7 Å². The van der Waals surface area contributed by atoms with Crippen LogP contribution in [0.25, 0.3) is 0 Å². The minimum absolute atomic E-state index is 0.532. The van der Waals surface area contributed by atoms with Crippen molar-refractivity contribution in [3.8, 4) is 0 Å². The average Bonchev–Trinajstić information content (AvgIpc) is 2.58. The summed E-state index contributed by atoms with van der Waals surface area (Å²) in [6.45, 7) is 2.77. The third-order valence-corrected chi connectivity index (χ3v) is 2.71. The van der Waals surface area contributed by atoms with Crippen LogP contribution in [0.15, 0.2) is 17.1 Å². The molecule has 0 spiro atoms. The van der Waals surface area contributed by atoms with E-state index < -0.39 is 9.05 Å². The first-order valence-corrected chi connectivity index (χ1v) is 8.22. The van der Waals surface area contributed by atoms with Crippen LogP contribution >= 0.6 is 24.0 Å². The molecule has 0 aliphatic heterocycles. The van der Waals surface area contributed by atoms with Gasteiger partial charge in [0.15, 0.2) is 0 Å². The highest BCUT2D eigenvalue weighted by molar-refractivity contribution is 8.26. The van der Waals surface area contributed by atoms with Crippen LogP contribution in [0, 0.1) is 6.92 Å². The summed E-state index contributed by atoms with van der Waals surface area (Å²) in [5, 5.41) is 0. The summed E-state index contributed by atoms with van der Waals surface area (Å²) in [7, 11) is -3.83. The van der Waals surface area contributed by atoms with Gasteiger partial charge in [-0.15, -0.1) is 11.3 Å². The molecule has 0 atom stereocenters. The van der Waals surface area contributed by atoms with Crippen molar-refractivity contribution in [2.24, 2.45) is 10.7 Å². The number of amidine groups is 1. The van der Waals surface area contributed by atoms with Crippen molar-refractivity contribution in [2.75, 3.05) is 5.75 Å². The maximum Gasteiger partial charge on any atom is 0.263 e. The number of hydrogen-bond acceptors (Lipinski definition) is 5. The molecule has 4 N–H and O–H groups in total. The maximum atomic E-state index is 9.11. The minimum Gasteiger partial charge on any atom is -0.387 e. The Morgan fingerprint density at radius 3 is 2.53 bits per heavy atom. The van der Waals surface area contributed by atoms with Gasteiger partial charge in [-0.1, -0.05) is 0 Å². The van der Waals surface area contributed by atoms with Crippen LogP contribution in [-0.4, -0.2) is 24.9 Å².